The Balaban J connectivity index is 1.69. The first-order valence-electron chi connectivity index (χ1n) is 7.60. The maximum atomic E-state index is 12.5. The quantitative estimate of drug-likeness (QED) is 0.872. The highest BCUT2D eigenvalue weighted by Gasteiger charge is 2.21. The normalized spacial score (nSPS) is 16.7. The largest absolute Gasteiger partial charge is 0.440 e. The third kappa shape index (κ3) is 3.39. The summed E-state index contributed by atoms with van der Waals surface area (Å²) in [5.41, 5.74) is 0.756. The van der Waals surface area contributed by atoms with Crippen LogP contribution in [0.3, 0.4) is 0 Å². The number of thiophene rings is 1. The molecule has 0 N–H and O–H groups in total. The summed E-state index contributed by atoms with van der Waals surface area (Å²) in [5, 5.41) is 1.99. The molecule has 3 rings (SSSR count). The zero-order chi connectivity index (χ0) is 15.5. The van der Waals surface area contributed by atoms with Crippen molar-refractivity contribution in [3.05, 3.63) is 29.0 Å². The number of hydrogen-bond acceptors (Lipinski definition) is 5. The van der Waals surface area contributed by atoms with Gasteiger partial charge in [-0.2, -0.15) is 0 Å². The van der Waals surface area contributed by atoms with Crippen molar-refractivity contribution in [3.8, 4) is 10.8 Å². The standard InChI is InChI=1S/C16H21N3O2S/c1-12-13(17-16(21-12)14-5-3-10-22-14)11-15(20)19-7-4-6-18(2)8-9-19/h3,5,10H,4,6-9,11H2,1-2H3. The zero-order valence-electron chi connectivity index (χ0n) is 13.0. The van der Waals surface area contributed by atoms with E-state index in [0.717, 1.165) is 48.9 Å². The molecule has 3 heterocycles. The third-order valence-corrected chi connectivity index (χ3v) is 4.87. The van der Waals surface area contributed by atoms with E-state index >= 15 is 0 Å². The number of likely N-dealkylation sites (N-methyl/N-ethyl adjacent to an activating group) is 1. The van der Waals surface area contributed by atoms with Crippen molar-refractivity contribution in [2.75, 3.05) is 33.2 Å². The van der Waals surface area contributed by atoms with Crippen LogP contribution >= 0.6 is 11.3 Å². The van der Waals surface area contributed by atoms with Crippen LogP contribution < -0.4 is 0 Å². The van der Waals surface area contributed by atoms with Gasteiger partial charge in [0.15, 0.2) is 0 Å². The van der Waals surface area contributed by atoms with Crippen LogP contribution in [0.15, 0.2) is 21.9 Å². The Bertz CT molecular complexity index is 636. The summed E-state index contributed by atoms with van der Waals surface area (Å²) < 4.78 is 5.71. The van der Waals surface area contributed by atoms with Crippen LogP contribution in [0, 0.1) is 6.92 Å². The molecule has 6 heteroatoms. The summed E-state index contributed by atoms with van der Waals surface area (Å²) in [4.78, 5) is 22.2. The van der Waals surface area contributed by atoms with E-state index in [9.17, 15) is 4.79 Å². The molecule has 1 amide bonds. The van der Waals surface area contributed by atoms with Crippen molar-refractivity contribution in [2.45, 2.75) is 19.8 Å². The Kier molecular flexibility index (Phi) is 4.59. The van der Waals surface area contributed by atoms with Gasteiger partial charge < -0.3 is 14.2 Å². The molecule has 0 radical (unpaired) electrons. The lowest BCUT2D eigenvalue weighted by molar-refractivity contribution is -0.130. The highest BCUT2D eigenvalue weighted by Crippen LogP contribution is 2.26. The number of aromatic nitrogens is 1. The van der Waals surface area contributed by atoms with Crippen molar-refractivity contribution in [1.82, 2.24) is 14.8 Å². The molecule has 2 aromatic rings. The molecule has 0 aliphatic carbocycles. The molecule has 118 valence electrons. The number of carbonyl (C=O) groups excluding carboxylic acids is 1. The summed E-state index contributed by atoms with van der Waals surface area (Å²) >= 11 is 1.59. The Hall–Kier alpha value is -1.66. The van der Waals surface area contributed by atoms with Gasteiger partial charge in [0.2, 0.25) is 11.8 Å². The minimum atomic E-state index is 0.143. The van der Waals surface area contributed by atoms with E-state index in [1.54, 1.807) is 11.3 Å². The first-order valence-corrected chi connectivity index (χ1v) is 8.48. The van der Waals surface area contributed by atoms with Gasteiger partial charge in [-0.25, -0.2) is 4.98 Å². The van der Waals surface area contributed by atoms with Gasteiger partial charge in [0.1, 0.15) is 5.76 Å². The summed E-state index contributed by atoms with van der Waals surface area (Å²) in [6.45, 7) is 5.49. The van der Waals surface area contributed by atoms with Crippen LogP contribution in [0.2, 0.25) is 0 Å². The molecule has 0 saturated carbocycles. The van der Waals surface area contributed by atoms with Gasteiger partial charge in [-0.1, -0.05) is 6.07 Å². The minimum Gasteiger partial charge on any atom is -0.440 e. The average molecular weight is 319 g/mol. The highest BCUT2D eigenvalue weighted by molar-refractivity contribution is 7.13. The second kappa shape index (κ2) is 6.62. The van der Waals surface area contributed by atoms with Crippen LogP contribution in [-0.2, 0) is 11.2 Å². The van der Waals surface area contributed by atoms with Crippen LogP contribution in [0.1, 0.15) is 17.9 Å². The highest BCUT2D eigenvalue weighted by atomic mass is 32.1. The van der Waals surface area contributed by atoms with E-state index in [1.165, 1.54) is 0 Å². The first-order chi connectivity index (χ1) is 10.6. The summed E-state index contributed by atoms with van der Waals surface area (Å²) in [6.07, 6.45) is 1.35. The summed E-state index contributed by atoms with van der Waals surface area (Å²) in [7, 11) is 2.10. The lowest BCUT2D eigenvalue weighted by Gasteiger charge is -2.20. The number of nitrogens with zero attached hydrogens (tertiary/aromatic N) is 3. The van der Waals surface area contributed by atoms with Gasteiger partial charge in [-0.15, -0.1) is 11.3 Å². The van der Waals surface area contributed by atoms with Crippen molar-refractivity contribution >= 4 is 17.2 Å². The van der Waals surface area contributed by atoms with Gasteiger partial charge in [-0.3, -0.25) is 4.79 Å². The van der Waals surface area contributed by atoms with E-state index in [0.29, 0.717) is 12.3 Å². The molecule has 0 bridgehead atoms. The molecule has 0 atom stereocenters. The Morgan fingerprint density at radius 1 is 1.36 bits per heavy atom. The topological polar surface area (TPSA) is 49.6 Å². The number of carbonyl (C=O) groups is 1. The number of hydrogen-bond donors (Lipinski definition) is 0. The number of aryl methyl sites for hydroxylation is 1. The van der Waals surface area contributed by atoms with E-state index in [1.807, 2.05) is 29.3 Å². The molecule has 0 aromatic carbocycles. The van der Waals surface area contributed by atoms with Gasteiger partial charge in [0, 0.05) is 19.6 Å². The molecule has 0 spiro atoms. The molecule has 1 aliphatic rings. The number of oxazole rings is 1. The molecule has 22 heavy (non-hydrogen) atoms. The SMILES string of the molecule is Cc1oc(-c2cccs2)nc1CC(=O)N1CCCN(C)CC1. The van der Waals surface area contributed by atoms with Crippen molar-refractivity contribution < 1.29 is 9.21 Å². The lowest BCUT2D eigenvalue weighted by atomic mass is 10.2. The van der Waals surface area contributed by atoms with Gasteiger partial charge >= 0.3 is 0 Å². The zero-order valence-corrected chi connectivity index (χ0v) is 13.9. The second-order valence-electron chi connectivity index (χ2n) is 5.71. The predicted molar refractivity (Wildman–Crippen MR) is 87.0 cm³/mol. The Morgan fingerprint density at radius 2 is 2.23 bits per heavy atom. The smallest absolute Gasteiger partial charge is 0.236 e. The number of amides is 1. The molecule has 1 saturated heterocycles. The molecular weight excluding hydrogens is 298 g/mol. The monoisotopic (exact) mass is 319 g/mol. The molecule has 1 fully saturated rings. The fourth-order valence-corrected chi connectivity index (χ4v) is 3.30. The molecule has 1 aliphatic heterocycles. The maximum absolute atomic E-state index is 12.5. The molecule has 0 unspecified atom stereocenters. The molecule has 5 nitrogen and oxygen atoms in total. The fourth-order valence-electron chi connectivity index (χ4n) is 2.65. The van der Waals surface area contributed by atoms with Crippen LogP contribution in [-0.4, -0.2) is 53.9 Å². The van der Waals surface area contributed by atoms with E-state index in [2.05, 4.69) is 16.9 Å². The van der Waals surface area contributed by atoms with Gasteiger partial charge in [0.25, 0.3) is 0 Å². The van der Waals surface area contributed by atoms with E-state index < -0.39 is 0 Å². The summed E-state index contributed by atoms with van der Waals surface area (Å²) in [6, 6.07) is 3.95. The van der Waals surface area contributed by atoms with Crippen molar-refractivity contribution in [1.29, 1.82) is 0 Å². The summed E-state index contributed by atoms with van der Waals surface area (Å²) in [5.74, 6) is 1.50. The van der Waals surface area contributed by atoms with E-state index in [-0.39, 0.29) is 5.91 Å². The lowest BCUT2D eigenvalue weighted by Crippen LogP contribution is -2.35. The van der Waals surface area contributed by atoms with Gasteiger partial charge in [0.05, 0.1) is 17.0 Å². The number of rotatable bonds is 3. The first kappa shape index (κ1) is 15.2. The van der Waals surface area contributed by atoms with Gasteiger partial charge in [-0.05, 0) is 38.4 Å². The molecule has 2 aromatic heterocycles. The minimum absolute atomic E-state index is 0.143. The average Bonchev–Trinajstić information content (AvgIpc) is 3.07. The maximum Gasteiger partial charge on any atom is 0.236 e. The second-order valence-corrected chi connectivity index (χ2v) is 6.66. The molecular formula is C16H21N3O2S. The predicted octanol–water partition coefficient (Wildman–Crippen LogP) is 2.42. The van der Waals surface area contributed by atoms with Crippen LogP contribution in [0.4, 0.5) is 0 Å². The van der Waals surface area contributed by atoms with Crippen LogP contribution in [0.25, 0.3) is 10.8 Å². The third-order valence-electron chi connectivity index (χ3n) is 4.02. The van der Waals surface area contributed by atoms with Crippen LogP contribution in [0.5, 0.6) is 0 Å². The van der Waals surface area contributed by atoms with E-state index in [4.69, 9.17) is 4.42 Å². The fraction of sp³-hybridized carbons (Fsp3) is 0.500. The van der Waals surface area contributed by atoms with Crippen molar-refractivity contribution in [3.63, 3.8) is 0 Å². The Labute approximate surface area is 134 Å². The Morgan fingerprint density at radius 3 is 3.00 bits per heavy atom. The van der Waals surface area contributed by atoms with Crippen molar-refractivity contribution in [2.24, 2.45) is 0 Å².